The van der Waals surface area contributed by atoms with Crippen LogP contribution in [0.15, 0.2) is 40.8 Å². The molecule has 2 rings (SSSR count). The molecule has 0 unspecified atom stereocenters. The van der Waals surface area contributed by atoms with Gasteiger partial charge in [-0.2, -0.15) is 0 Å². The van der Waals surface area contributed by atoms with Crippen molar-refractivity contribution in [2.45, 2.75) is 33.1 Å². The van der Waals surface area contributed by atoms with Crippen molar-refractivity contribution in [2.75, 3.05) is 10.6 Å². The predicted molar refractivity (Wildman–Crippen MR) is 85.8 cm³/mol. The second-order valence-corrected chi connectivity index (χ2v) is 5.03. The Hall–Kier alpha value is -2.56. The molecule has 22 heavy (non-hydrogen) atoms. The van der Waals surface area contributed by atoms with E-state index in [1.807, 2.05) is 19.1 Å². The number of hydrogen-bond donors (Lipinski definition) is 2. The van der Waals surface area contributed by atoms with Gasteiger partial charge in [0.25, 0.3) is 0 Å². The summed E-state index contributed by atoms with van der Waals surface area (Å²) in [4.78, 5) is 22.8. The van der Waals surface area contributed by atoms with Crippen molar-refractivity contribution in [3.8, 4) is 0 Å². The molecule has 0 atom stereocenters. The molecule has 1 aromatic carbocycles. The van der Waals surface area contributed by atoms with Crippen LogP contribution in [0.1, 0.15) is 31.8 Å². The third-order valence-corrected chi connectivity index (χ3v) is 3.15. The van der Waals surface area contributed by atoms with Crippen LogP contribution in [0.2, 0.25) is 0 Å². The summed E-state index contributed by atoms with van der Waals surface area (Å²) in [6.45, 7) is 3.48. The molecule has 2 amide bonds. The largest absolute Gasteiger partial charge is 0.466 e. The number of benzene rings is 1. The summed E-state index contributed by atoms with van der Waals surface area (Å²) in [6, 6.07) is 10.9. The van der Waals surface area contributed by atoms with Crippen molar-refractivity contribution >= 4 is 23.2 Å². The van der Waals surface area contributed by atoms with E-state index < -0.39 is 0 Å². The normalized spacial score (nSPS) is 10.3. The van der Waals surface area contributed by atoms with Crippen molar-refractivity contribution in [3.05, 3.63) is 47.9 Å². The first-order valence-electron chi connectivity index (χ1n) is 7.32. The third-order valence-electron chi connectivity index (χ3n) is 3.15. The molecule has 0 fully saturated rings. The number of furan rings is 1. The van der Waals surface area contributed by atoms with Gasteiger partial charge in [-0.1, -0.05) is 6.92 Å². The van der Waals surface area contributed by atoms with Crippen LogP contribution in [0, 0.1) is 0 Å². The van der Waals surface area contributed by atoms with Crippen molar-refractivity contribution in [3.63, 3.8) is 0 Å². The second kappa shape index (κ2) is 7.45. The number of nitrogens with one attached hydrogen (secondary N) is 2. The molecule has 0 aliphatic heterocycles. The first-order chi connectivity index (χ1) is 10.6. The summed E-state index contributed by atoms with van der Waals surface area (Å²) in [5, 5.41) is 5.50. The smallest absolute Gasteiger partial charge is 0.224 e. The Morgan fingerprint density at radius 3 is 2.09 bits per heavy atom. The van der Waals surface area contributed by atoms with Crippen LogP contribution >= 0.6 is 0 Å². The molecule has 0 aliphatic carbocycles. The number of aryl methyl sites for hydroxylation is 2. The van der Waals surface area contributed by atoms with Gasteiger partial charge in [-0.25, -0.2) is 0 Å². The maximum atomic E-state index is 11.9. The maximum absolute atomic E-state index is 11.9. The van der Waals surface area contributed by atoms with E-state index in [9.17, 15) is 9.59 Å². The van der Waals surface area contributed by atoms with Crippen LogP contribution in [-0.2, 0) is 22.4 Å². The van der Waals surface area contributed by atoms with Crippen LogP contribution in [0.5, 0.6) is 0 Å². The molecule has 0 aliphatic rings. The molecule has 5 nitrogen and oxygen atoms in total. The SMILES string of the molecule is CCc1ccc(CCC(=O)Nc2ccc(NC(C)=O)cc2)o1. The van der Waals surface area contributed by atoms with E-state index in [1.165, 1.54) is 6.92 Å². The fourth-order valence-corrected chi connectivity index (χ4v) is 2.05. The van der Waals surface area contributed by atoms with Gasteiger partial charge < -0.3 is 15.1 Å². The summed E-state index contributed by atoms with van der Waals surface area (Å²) >= 11 is 0. The second-order valence-electron chi connectivity index (χ2n) is 5.03. The van der Waals surface area contributed by atoms with Crippen LogP contribution in [0.4, 0.5) is 11.4 Å². The number of carbonyl (C=O) groups is 2. The Labute approximate surface area is 129 Å². The lowest BCUT2D eigenvalue weighted by Crippen LogP contribution is -2.12. The highest BCUT2D eigenvalue weighted by Gasteiger charge is 2.06. The molecule has 0 saturated carbocycles. The first-order valence-corrected chi connectivity index (χ1v) is 7.32. The van der Waals surface area contributed by atoms with Gasteiger partial charge in [-0.15, -0.1) is 0 Å². The number of carbonyl (C=O) groups excluding carboxylic acids is 2. The summed E-state index contributed by atoms with van der Waals surface area (Å²) in [7, 11) is 0. The lowest BCUT2D eigenvalue weighted by molar-refractivity contribution is -0.116. The summed E-state index contributed by atoms with van der Waals surface area (Å²) in [5.41, 5.74) is 1.40. The van der Waals surface area contributed by atoms with Crippen molar-refractivity contribution in [1.82, 2.24) is 0 Å². The van der Waals surface area contributed by atoms with Crippen LogP contribution < -0.4 is 10.6 Å². The van der Waals surface area contributed by atoms with Gasteiger partial charge >= 0.3 is 0 Å². The molecular formula is C17H20N2O3. The Bertz CT molecular complexity index is 644. The highest BCUT2D eigenvalue weighted by Crippen LogP contribution is 2.15. The Balaban J connectivity index is 1.82. The molecule has 2 N–H and O–H groups in total. The molecule has 2 aromatic rings. The Morgan fingerprint density at radius 1 is 0.955 bits per heavy atom. The van der Waals surface area contributed by atoms with Crippen molar-refractivity contribution in [2.24, 2.45) is 0 Å². The zero-order valence-electron chi connectivity index (χ0n) is 12.8. The minimum absolute atomic E-state index is 0.0678. The third kappa shape index (κ3) is 4.77. The van der Waals surface area contributed by atoms with E-state index in [0.717, 1.165) is 17.9 Å². The van der Waals surface area contributed by atoms with E-state index in [-0.39, 0.29) is 11.8 Å². The number of anilines is 2. The fraction of sp³-hybridized carbons (Fsp3) is 0.294. The Kier molecular flexibility index (Phi) is 5.36. The van der Waals surface area contributed by atoms with Gasteiger partial charge in [0.1, 0.15) is 11.5 Å². The highest BCUT2D eigenvalue weighted by molar-refractivity contribution is 5.92. The van der Waals surface area contributed by atoms with E-state index in [1.54, 1.807) is 24.3 Å². The molecule has 5 heteroatoms. The van der Waals surface area contributed by atoms with E-state index in [4.69, 9.17) is 4.42 Å². The average molecular weight is 300 g/mol. The van der Waals surface area contributed by atoms with E-state index >= 15 is 0 Å². The molecule has 116 valence electrons. The monoisotopic (exact) mass is 300 g/mol. The zero-order valence-corrected chi connectivity index (χ0v) is 12.8. The summed E-state index contributed by atoms with van der Waals surface area (Å²) in [6.07, 6.45) is 1.80. The van der Waals surface area contributed by atoms with Gasteiger partial charge in [0, 0.05) is 37.6 Å². The van der Waals surface area contributed by atoms with Gasteiger partial charge in [0.15, 0.2) is 0 Å². The first kappa shape index (κ1) is 15.8. The van der Waals surface area contributed by atoms with Crippen LogP contribution in [0.3, 0.4) is 0 Å². The minimum atomic E-state index is -0.123. The highest BCUT2D eigenvalue weighted by atomic mass is 16.3. The lowest BCUT2D eigenvalue weighted by atomic mass is 10.2. The number of amides is 2. The maximum Gasteiger partial charge on any atom is 0.224 e. The molecule has 0 saturated heterocycles. The molecule has 0 spiro atoms. The molecule has 0 radical (unpaired) electrons. The number of rotatable bonds is 6. The number of hydrogen-bond acceptors (Lipinski definition) is 3. The fourth-order valence-electron chi connectivity index (χ4n) is 2.05. The van der Waals surface area contributed by atoms with Gasteiger partial charge in [0.05, 0.1) is 0 Å². The quantitative estimate of drug-likeness (QED) is 0.859. The van der Waals surface area contributed by atoms with Crippen molar-refractivity contribution in [1.29, 1.82) is 0 Å². The average Bonchev–Trinajstić information content (AvgIpc) is 2.95. The molecule has 1 heterocycles. The zero-order chi connectivity index (χ0) is 15.9. The van der Waals surface area contributed by atoms with Crippen LogP contribution in [0.25, 0.3) is 0 Å². The standard InChI is InChI=1S/C17H20N2O3/c1-3-15-8-9-16(22-15)10-11-17(21)19-14-6-4-13(5-7-14)18-12(2)20/h4-9H,3,10-11H2,1-2H3,(H,18,20)(H,19,21). The molecule has 0 bridgehead atoms. The van der Waals surface area contributed by atoms with Gasteiger partial charge in [-0.05, 0) is 36.4 Å². The molecular weight excluding hydrogens is 280 g/mol. The van der Waals surface area contributed by atoms with E-state index in [2.05, 4.69) is 10.6 Å². The Morgan fingerprint density at radius 2 is 1.55 bits per heavy atom. The van der Waals surface area contributed by atoms with Crippen molar-refractivity contribution < 1.29 is 14.0 Å². The molecule has 1 aromatic heterocycles. The topological polar surface area (TPSA) is 71.3 Å². The lowest BCUT2D eigenvalue weighted by Gasteiger charge is -2.06. The van der Waals surface area contributed by atoms with E-state index in [0.29, 0.717) is 24.2 Å². The summed E-state index contributed by atoms with van der Waals surface area (Å²) in [5.74, 6) is 1.57. The van der Waals surface area contributed by atoms with Gasteiger partial charge in [-0.3, -0.25) is 9.59 Å². The van der Waals surface area contributed by atoms with Crippen LogP contribution in [-0.4, -0.2) is 11.8 Å². The predicted octanol–water partition coefficient (Wildman–Crippen LogP) is 3.37. The minimum Gasteiger partial charge on any atom is -0.466 e. The summed E-state index contributed by atoms with van der Waals surface area (Å²) < 4.78 is 5.57. The van der Waals surface area contributed by atoms with Gasteiger partial charge in [0.2, 0.25) is 11.8 Å².